The molecule has 1 aliphatic heterocycles. The van der Waals surface area contributed by atoms with E-state index in [4.69, 9.17) is 9.47 Å². The maximum absolute atomic E-state index is 11.5. The van der Waals surface area contributed by atoms with E-state index in [0.717, 1.165) is 31.3 Å². The average Bonchev–Trinajstić information content (AvgIpc) is 2.86. The molecule has 0 aromatic rings. The van der Waals surface area contributed by atoms with Crippen LogP contribution in [0.2, 0.25) is 0 Å². The van der Waals surface area contributed by atoms with E-state index < -0.39 is 17.2 Å². The van der Waals surface area contributed by atoms with Crippen LogP contribution in [0.15, 0.2) is 11.6 Å². The van der Waals surface area contributed by atoms with Crippen LogP contribution in [0.25, 0.3) is 0 Å². The van der Waals surface area contributed by atoms with Crippen LogP contribution in [-0.4, -0.2) is 34.9 Å². The number of aliphatic carboxylic acids is 1. The van der Waals surface area contributed by atoms with Gasteiger partial charge in [-0.1, -0.05) is 33.3 Å². The molecule has 1 spiro atoms. The predicted molar refractivity (Wildman–Crippen MR) is 102 cm³/mol. The van der Waals surface area contributed by atoms with Gasteiger partial charge in [-0.05, 0) is 55.9 Å². The minimum Gasteiger partial charge on any atom is -0.481 e. The molecule has 1 saturated heterocycles. The highest BCUT2D eigenvalue weighted by atomic mass is 16.5. The highest BCUT2D eigenvalue weighted by Crippen LogP contribution is 2.66. The van der Waals surface area contributed by atoms with Crippen molar-refractivity contribution < 1.29 is 24.2 Å². The molecule has 1 saturated carbocycles. The summed E-state index contributed by atoms with van der Waals surface area (Å²) in [6.07, 6.45) is 8.06. The summed E-state index contributed by atoms with van der Waals surface area (Å²) in [4.78, 5) is 22.9. The number of rotatable bonds is 4. The van der Waals surface area contributed by atoms with E-state index in [0.29, 0.717) is 12.3 Å². The van der Waals surface area contributed by atoms with Crippen molar-refractivity contribution in [2.75, 3.05) is 6.61 Å². The van der Waals surface area contributed by atoms with Gasteiger partial charge >= 0.3 is 11.9 Å². The Labute approximate surface area is 162 Å². The maximum Gasteiger partial charge on any atom is 0.306 e. The van der Waals surface area contributed by atoms with Crippen molar-refractivity contribution in [1.29, 1.82) is 0 Å². The van der Waals surface area contributed by atoms with Gasteiger partial charge in [0.05, 0.1) is 17.6 Å². The largest absolute Gasteiger partial charge is 0.481 e. The lowest BCUT2D eigenvalue weighted by molar-refractivity contribution is -0.196. The summed E-state index contributed by atoms with van der Waals surface area (Å²) in [5, 5.41) is 9.38. The molecule has 0 unspecified atom stereocenters. The van der Waals surface area contributed by atoms with E-state index in [9.17, 15) is 14.7 Å². The fourth-order valence-corrected chi connectivity index (χ4v) is 6.37. The molecule has 0 bridgehead atoms. The lowest BCUT2D eigenvalue weighted by atomic mass is 9.46. The summed E-state index contributed by atoms with van der Waals surface area (Å²) >= 11 is 0. The molecule has 3 rings (SSSR count). The monoisotopic (exact) mass is 378 g/mol. The molecule has 27 heavy (non-hydrogen) atoms. The van der Waals surface area contributed by atoms with Crippen LogP contribution in [-0.2, 0) is 19.1 Å². The lowest BCUT2D eigenvalue weighted by Gasteiger charge is -2.61. The number of hydrogen-bond acceptors (Lipinski definition) is 4. The number of allylic oxidation sites excluding steroid dienone is 1. The first-order valence-corrected chi connectivity index (χ1v) is 10.2. The number of carboxylic acid groups (broad SMARTS) is 1. The van der Waals surface area contributed by atoms with Crippen LogP contribution in [0.4, 0.5) is 0 Å². The molecular formula is C22H34O5. The Hall–Kier alpha value is -1.36. The Morgan fingerprint density at radius 3 is 2.52 bits per heavy atom. The summed E-state index contributed by atoms with van der Waals surface area (Å²) in [7, 11) is 0. The van der Waals surface area contributed by atoms with Crippen molar-refractivity contribution in [2.24, 2.45) is 16.7 Å². The molecule has 152 valence electrons. The first kappa shape index (κ1) is 20.4. The zero-order valence-corrected chi connectivity index (χ0v) is 17.4. The molecule has 2 aliphatic carbocycles. The maximum atomic E-state index is 11.5. The first-order valence-electron chi connectivity index (χ1n) is 10.2. The van der Waals surface area contributed by atoms with Crippen molar-refractivity contribution in [1.82, 2.24) is 0 Å². The zero-order valence-electron chi connectivity index (χ0n) is 17.4. The molecule has 1 N–H and O–H groups in total. The summed E-state index contributed by atoms with van der Waals surface area (Å²) in [6.45, 7) is 10.6. The molecule has 5 nitrogen and oxygen atoms in total. The number of carbonyl (C=O) groups is 2. The molecule has 0 radical (unpaired) electrons. The van der Waals surface area contributed by atoms with Gasteiger partial charge in [0, 0.05) is 12.3 Å². The van der Waals surface area contributed by atoms with Gasteiger partial charge in [-0.2, -0.15) is 0 Å². The fraction of sp³-hybridized carbons (Fsp3) is 0.818. The van der Waals surface area contributed by atoms with Crippen LogP contribution in [0.3, 0.4) is 0 Å². The van der Waals surface area contributed by atoms with Crippen molar-refractivity contribution in [2.45, 2.75) is 90.8 Å². The van der Waals surface area contributed by atoms with Crippen molar-refractivity contribution in [3.8, 4) is 0 Å². The third-order valence-corrected chi connectivity index (χ3v) is 7.65. The number of fused-ring (bicyclic) bond motifs is 2. The highest BCUT2D eigenvalue weighted by molar-refractivity contribution is 5.68. The van der Waals surface area contributed by atoms with Crippen molar-refractivity contribution >= 4 is 11.9 Å². The molecule has 0 aromatic heterocycles. The SMILES string of the molecule is CC(=O)OCC1=CC[C@@H]2C(C)(C)CCC[C@@]2(C)[C@@]12CC[C@@](C)(CC(=O)O)O2. The molecule has 4 atom stereocenters. The van der Waals surface area contributed by atoms with Gasteiger partial charge < -0.3 is 14.6 Å². The molecule has 0 amide bonds. The van der Waals surface area contributed by atoms with Crippen molar-refractivity contribution in [3.63, 3.8) is 0 Å². The van der Waals surface area contributed by atoms with Crippen LogP contribution >= 0.6 is 0 Å². The van der Waals surface area contributed by atoms with Crippen molar-refractivity contribution in [3.05, 3.63) is 11.6 Å². The Morgan fingerprint density at radius 1 is 1.19 bits per heavy atom. The summed E-state index contributed by atoms with van der Waals surface area (Å²) < 4.78 is 12.1. The van der Waals surface area contributed by atoms with Gasteiger partial charge in [-0.3, -0.25) is 9.59 Å². The van der Waals surface area contributed by atoms with Crippen LogP contribution in [0.5, 0.6) is 0 Å². The van der Waals surface area contributed by atoms with Gasteiger partial charge in [0.1, 0.15) is 6.61 Å². The van der Waals surface area contributed by atoms with Crippen LogP contribution in [0.1, 0.15) is 79.6 Å². The Morgan fingerprint density at radius 2 is 1.89 bits per heavy atom. The third kappa shape index (κ3) is 3.32. The number of ether oxygens (including phenoxy) is 2. The smallest absolute Gasteiger partial charge is 0.306 e. The lowest BCUT2D eigenvalue weighted by Crippen LogP contribution is -2.60. The molecule has 3 aliphatic rings. The van der Waals surface area contributed by atoms with Crippen LogP contribution < -0.4 is 0 Å². The van der Waals surface area contributed by atoms with E-state index in [1.165, 1.54) is 13.3 Å². The Bertz CT molecular complexity index is 666. The van der Waals surface area contributed by atoms with E-state index in [-0.39, 0.29) is 29.8 Å². The number of carbonyl (C=O) groups excluding carboxylic acids is 1. The summed E-state index contributed by atoms with van der Waals surface area (Å²) in [5.41, 5.74) is -0.0855. The zero-order chi connectivity index (χ0) is 20.1. The quantitative estimate of drug-likeness (QED) is 0.576. The second kappa shape index (κ2) is 6.61. The highest BCUT2D eigenvalue weighted by Gasteiger charge is 2.65. The molecule has 2 fully saturated rings. The molecule has 5 heteroatoms. The first-order chi connectivity index (χ1) is 12.4. The summed E-state index contributed by atoms with van der Waals surface area (Å²) in [6, 6.07) is 0. The number of esters is 1. The van der Waals surface area contributed by atoms with E-state index in [2.05, 4.69) is 26.8 Å². The normalized spacial score (nSPS) is 40.3. The minimum absolute atomic E-state index is 0.000263. The predicted octanol–water partition coefficient (Wildman–Crippen LogP) is 4.49. The molecule has 0 aromatic carbocycles. The van der Waals surface area contributed by atoms with Gasteiger partial charge in [0.2, 0.25) is 0 Å². The van der Waals surface area contributed by atoms with Gasteiger partial charge in [-0.25, -0.2) is 0 Å². The van der Waals surface area contributed by atoms with Gasteiger partial charge in [0.25, 0.3) is 0 Å². The fourth-order valence-electron chi connectivity index (χ4n) is 6.37. The third-order valence-electron chi connectivity index (χ3n) is 7.65. The molecular weight excluding hydrogens is 344 g/mol. The summed E-state index contributed by atoms with van der Waals surface area (Å²) in [5.74, 6) is -0.665. The Balaban J connectivity index is 2.04. The average molecular weight is 379 g/mol. The topological polar surface area (TPSA) is 72.8 Å². The minimum atomic E-state index is -0.832. The number of hydrogen-bond donors (Lipinski definition) is 1. The van der Waals surface area contributed by atoms with Crippen LogP contribution in [0, 0.1) is 16.7 Å². The second-order valence-corrected chi connectivity index (χ2v) is 10.0. The van der Waals surface area contributed by atoms with Gasteiger partial charge in [-0.15, -0.1) is 0 Å². The van der Waals surface area contributed by atoms with E-state index in [1.807, 2.05) is 6.92 Å². The standard InChI is InChI=1S/C22H34O5/c1-15(23)26-14-16-7-8-17-19(2,3)9-6-10-21(17,5)22(16)12-11-20(4,27-22)13-18(24)25/h7,17H,6,8-14H2,1-5H3,(H,24,25)/t17-,20+,21-,22-/m1/s1. The second-order valence-electron chi connectivity index (χ2n) is 10.0. The molecule has 1 heterocycles. The number of carboxylic acids is 1. The Kier molecular flexibility index (Phi) is 4.99. The van der Waals surface area contributed by atoms with E-state index in [1.54, 1.807) is 0 Å². The van der Waals surface area contributed by atoms with Gasteiger partial charge in [0.15, 0.2) is 0 Å². The van der Waals surface area contributed by atoms with E-state index >= 15 is 0 Å².